The molecule has 0 bridgehead atoms. The second kappa shape index (κ2) is 8.36. The highest BCUT2D eigenvalue weighted by molar-refractivity contribution is 6.37. The van der Waals surface area contributed by atoms with E-state index in [-0.39, 0.29) is 12.1 Å². The van der Waals surface area contributed by atoms with Crippen molar-refractivity contribution in [3.63, 3.8) is 0 Å². The Balaban J connectivity index is 3.37. The third-order valence-electron chi connectivity index (χ3n) is 3.91. The zero-order chi connectivity index (χ0) is 24.7. The summed E-state index contributed by atoms with van der Waals surface area (Å²) in [7, 11) is 0. The lowest BCUT2D eigenvalue weighted by molar-refractivity contribution is -0.395. The van der Waals surface area contributed by atoms with Crippen molar-refractivity contribution in [1.29, 1.82) is 0 Å². The number of carboxylic acids is 2. The molecule has 18 heteroatoms. The van der Waals surface area contributed by atoms with Crippen LogP contribution < -0.4 is 0 Å². The van der Waals surface area contributed by atoms with Crippen molar-refractivity contribution in [2.75, 3.05) is 0 Å². The average molecular weight is 491 g/mol. The zero-order valence-corrected chi connectivity index (χ0v) is 16.2. The van der Waals surface area contributed by atoms with E-state index in [1.54, 1.807) is 0 Å². The second-order valence-electron chi connectivity index (χ2n) is 5.60. The summed E-state index contributed by atoms with van der Waals surface area (Å²) in [6, 6.07) is 0.440. The van der Waals surface area contributed by atoms with Crippen molar-refractivity contribution in [3.8, 4) is 11.1 Å². The maximum absolute atomic E-state index is 11.7. The maximum Gasteiger partial charge on any atom is 0.336 e. The predicted octanol–water partition coefficient (Wildman–Crippen LogP) is 3.69. The van der Waals surface area contributed by atoms with E-state index < -0.39 is 86.7 Å². The summed E-state index contributed by atoms with van der Waals surface area (Å²) in [4.78, 5) is 63.6. The number of aromatic carboxylic acids is 2. The number of carboxylic acid groups (broad SMARTS) is 2. The Kier molecular flexibility index (Phi) is 6.23. The van der Waals surface area contributed by atoms with Crippen LogP contribution in [0.25, 0.3) is 11.1 Å². The number of halogens is 2. The molecule has 0 aromatic heterocycles. The molecule has 32 heavy (non-hydrogen) atoms. The van der Waals surface area contributed by atoms with Gasteiger partial charge in [-0.05, 0) is 0 Å². The molecule has 0 heterocycles. The standard InChI is InChI=1S/C14H4Cl2N4O12/c15-9-5(17(25)26)1-3(13(21)22)7(11(9)19(29)30)8-4(14(23)24)2-6(18(27)28)10(16)12(8)20(31)32/h1-2H,(H,21,22)(H,23,24). The first-order valence-electron chi connectivity index (χ1n) is 7.49. The molecular formula is C14H4Cl2N4O12. The number of hydrogen-bond donors (Lipinski definition) is 2. The Hall–Kier alpha value is -4.44. The Morgan fingerprint density at radius 1 is 0.656 bits per heavy atom. The molecule has 0 spiro atoms. The second-order valence-corrected chi connectivity index (χ2v) is 6.36. The van der Waals surface area contributed by atoms with E-state index in [0.29, 0.717) is 0 Å². The molecule has 0 saturated carbocycles. The predicted molar refractivity (Wildman–Crippen MR) is 102 cm³/mol. The van der Waals surface area contributed by atoms with Crippen molar-refractivity contribution < 1.29 is 39.5 Å². The number of rotatable bonds is 7. The third-order valence-corrected chi connectivity index (χ3v) is 4.65. The fraction of sp³-hybridized carbons (Fsp3) is 0. The summed E-state index contributed by atoms with van der Waals surface area (Å²) in [6.07, 6.45) is 0. The minimum atomic E-state index is -2.09. The van der Waals surface area contributed by atoms with E-state index in [1.807, 2.05) is 0 Å². The Morgan fingerprint density at radius 3 is 1.12 bits per heavy atom. The van der Waals surface area contributed by atoms with Crippen LogP contribution in [0.3, 0.4) is 0 Å². The van der Waals surface area contributed by atoms with E-state index in [2.05, 4.69) is 0 Å². The lowest BCUT2D eigenvalue weighted by atomic mass is 9.91. The highest BCUT2D eigenvalue weighted by atomic mass is 35.5. The molecule has 2 aromatic carbocycles. The molecule has 16 nitrogen and oxygen atoms in total. The molecule has 2 N–H and O–H groups in total. The summed E-state index contributed by atoms with van der Waals surface area (Å²) >= 11 is 11.4. The van der Waals surface area contributed by atoms with Crippen molar-refractivity contribution in [2.24, 2.45) is 0 Å². The number of nitro groups is 4. The molecule has 0 unspecified atom stereocenters. The number of nitro benzene ring substituents is 4. The minimum absolute atomic E-state index is 0.220. The Bertz CT molecular complexity index is 1180. The van der Waals surface area contributed by atoms with Gasteiger partial charge in [-0.2, -0.15) is 0 Å². The van der Waals surface area contributed by atoms with Crippen LogP contribution in [0.15, 0.2) is 12.1 Å². The van der Waals surface area contributed by atoms with Crippen LogP contribution in [-0.4, -0.2) is 41.8 Å². The van der Waals surface area contributed by atoms with Crippen LogP contribution in [0, 0.1) is 40.5 Å². The van der Waals surface area contributed by atoms with E-state index in [4.69, 9.17) is 23.2 Å². The molecule has 2 rings (SSSR count). The van der Waals surface area contributed by atoms with Gasteiger partial charge >= 0.3 is 23.3 Å². The summed E-state index contributed by atoms with van der Waals surface area (Å²) in [5.41, 5.74) is -10.9. The van der Waals surface area contributed by atoms with Crippen molar-refractivity contribution in [3.05, 3.63) is 73.8 Å². The van der Waals surface area contributed by atoms with Gasteiger partial charge in [-0.3, -0.25) is 40.5 Å². The van der Waals surface area contributed by atoms with Crippen LogP contribution in [0.4, 0.5) is 22.7 Å². The topological polar surface area (TPSA) is 247 Å². The summed E-state index contributed by atoms with van der Waals surface area (Å²) in [5.74, 6) is -4.19. The molecule has 0 aliphatic rings. The highest BCUT2D eigenvalue weighted by Crippen LogP contribution is 2.51. The Labute approximate surface area is 182 Å². The molecule has 2 aromatic rings. The first-order chi connectivity index (χ1) is 14.7. The largest absolute Gasteiger partial charge is 0.478 e. The van der Waals surface area contributed by atoms with Gasteiger partial charge in [0.25, 0.3) is 11.4 Å². The van der Waals surface area contributed by atoms with Gasteiger partial charge in [-0.1, -0.05) is 23.2 Å². The normalized spacial score (nSPS) is 10.4. The molecule has 0 atom stereocenters. The third kappa shape index (κ3) is 3.82. The SMILES string of the molecule is O=C(O)c1cc([N+](=O)[O-])c(Cl)c([N+](=O)[O-])c1-c1c(C(=O)O)cc([N+](=O)[O-])c(Cl)c1[N+](=O)[O-]. The van der Waals surface area contributed by atoms with Gasteiger partial charge in [0.2, 0.25) is 0 Å². The van der Waals surface area contributed by atoms with Crippen LogP contribution in [0.2, 0.25) is 10.0 Å². The van der Waals surface area contributed by atoms with Gasteiger partial charge in [-0.15, -0.1) is 0 Å². The molecule has 0 aliphatic heterocycles. The fourth-order valence-corrected chi connectivity index (χ4v) is 3.29. The quantitative estimate of drug-likeness (QED) is 0.416. The van der Waals surface area contributed by atoms with Crippen LogP contribution in [0.5, 0.6) is 0 Å². The van der Waals surface area contributed by atoms with E-state index in [0.717, 1.165) is 0 Å². The summed E-state index contributed by atoms with van der Waals surface area (Å²) in [6.45, 7) is 0. The molecule has 0 aliphatic carbocycles. The first kappa shape index (κ1) is 23.8. The van der Waals surface area contributed by atoms with E-state index >= 15 is 0 Å². The minimum Gasteiger partial charge on any atom is -0.478 e. The van der Waals surface area contributed by atoms with Gasteiger partial charge in [0, 0.05) is 12.1 Å². The molecule has 0 fully saturated rings. The van der Waals surface area contributed by atoms with Crippen molar-refractivity contribution >= 4 is 57.9 Å². The molecule has 0 radical (unpaired) electrons. The molecule has 0 saturated heterocycles. The number of hydrogen-bond acceptors (Lipinski definition) is 10. The number of nitrogens with zero attached hydrogens (tertiary/aromatic N) is 4. The molecular weight excluding hydrogens is 487 g/mol. The monoisotopic (exact) mass is 490 g/mol. The van der Waals surface area contributed by atoms with Gasteiger partial charge in [0.15, 0.2) is 10.0 Å². The zero-order valence-electron chi connectivity index (χ0n) is 14.7. The fourth-order valence-electron chi connectivity index (χ4n) is 2.71. The van der Waals surface area contributed by atoms with Gasteiger partial charge in [0.05, 0.1) is 41.9 Å². The van der Waals surface area contributed by atoms with Gasteiger partial charge in [-0.25, -0.2) is 9.59 Å². The number of carbonyl (C=O) groups is 2. The van der Waals surface area contributed by atoms with Crippen LogP contribution >= 0.6 is 23.2 Å². The smallest absolute Gasteiger partial charge is 0.336 e. The highest BCUT2D eigenvalue weighted by Gasteiger charge is 2.42. The van der Waals surface area contributed by atoms with Crippen LogP contribution in [0.1, 0.15) is 20.7 Å². The maximum atomic E-state index is 11.7. The van der Waals surface area contributed by atoms with E-state index in [9.17, 15) is 60.3 Å². The lowest BCUT2D eigenvalue weighted by Crippen LogP contribution is -2.11. The summed E-state index contributed by atoms with van der Waals surface area (Å²) < 4.78 is 0. The molecule has 0 amide bonds. The van der Waals surface area contributed by atoms with Gasteiger partial charge < -0.3 is 10.2 Å². The number of benzene rings is 2. The lowest BCUT2D eigenvalue weighted by Gasteiger charge is -2.13. The Morgan fingerprint density at radius 2 is 0.938 bits per heavy atom. The van der Waals surface area contributed by atoms with Crippen molar-refractivity contribution in [1.82, 2.24) is 0 Å². The average Bonchev–Trinajstić information content (AvgIpc) is 2.65. The summed E-state index contributed by atoms with van der Waals surface area (Å²) in [5, 5.41) is 61.9. The van der Waals surface area contributed by atoms with Crippen LogP contribution in [-0.2, 0) is 0 Å². The first-order valence-corrected chi connectivity index (χ1v) is 8.25. The van der Waals surface area contributed by atoms with Gasteiger partial charge in [0.1, 0.15) is 0 Å². The van der Waals surface area contributed by atoms with E-state index in [1.165, 1.54) is 0 Å². The molecule has 166 valence electrons. The van der Waals surface area contributed by atoms with Crippen molar-refractivity contribution in [2.45, 2.75) is 0 Å².